The second kappa shape index (κ2) is 4.69. The third kappa shape index (κ3) is 1.98. The lowest BCUT2D eigenvalue weighted by atomic mass is 9.74. The molecule has 3 rings (SSSR count). The number of aliphatic hydroxyl groups is 3. The third-order valence-electron chi connectivity index (χ3n) is 5.73. The average Bonchev–Trinajstić information content (AvgIpc) is 2.78. The third-order valence-corrected chi connectivity index (χ3v) is 6.20. The van der Waals surface area contributed by atoms with Crippen LogP contribution < -0.4 is 0 Å². The fourth-order valence-corrected chi connectivity index (χ4v) is 4.64. The Labute approximate surface area is 128 Å². The molecule has 1 heterocycles. The Bertz CT molecular complexity index is 494. The molecule has 0 aromatic heterocycles. The van der Waals surface area contributed by atoms with Crippen molar-refractivity contribution in [3.63, 3.8) is 0 Å². The topological polar surface area (TPSA) is 87.0 Å². The first-order chi connectivity index (χ1) is 9.73. The van der Waals surface area contributed by atoms with Gasteiger partial charge in [-0.1, -0.05) is 13.5 Å². The number of esters is 1. The minimum Gasteiger partial charge on any atom is -0.462 e. The lowest BCUT2D eigenvalue weighted by molar-refractivity contribution is -0.147. The maximum absolute atomic E-state index is 11.8. The van der Waals surface area contributed by atoms with Crippen molar-refractivity contribution < 1.29 is 24.9 Å². The second-order valence-corrected chi connectivity index (χ2v) is 7.09. The molecule has 118 valence electrons. The van der Waals surface area contributed by atoms with Gasteiger partial charge in [-0.3, -0.25) is 4.79 Å². The summed E-state index contributed by atoms with van der Waals surface area (Å²) >= 11 is 5.97. The molecule has 0 spiro atoms. The van der Waals surface area contributed by atoms with Gasteiger partial charge in [-0.25, -0.2) is 0 Å². The molecule has 1 unspecified atom stereocenters. The smallest absolute Gasteiger partial charge is 0.309 e. The summed E-state index contributed by atoms with van der Waals surface area (Å²) in [4.78, 5) is 11.8. The molecule has 0 bridgehead atoms. The van der Waals surface area contributed by atoms with Gasteiger partial charge in [-0.05, 0) is 18.4 Å². The van der Waals surface area contributed by atoms with Crippen LogP contribution in [0.3, 0.4) is 0 Å². The molecule has 0 radical (unpaired) electrons. The normalized spacial score (nSPS) is 53.1. The Morgan fingerprint density at radius 3 is 2.71 bits per heavy atom. The summed E-state index contributed by atoms with van der Waals surface area (Å²) in [5, 5.41) is 32.1. The van der Waals surface area contributed by atoms with Crippen molar-refractivity contribution in [1.29, 1.82) is 0 Å². The summed E-state index contributed by atoms with van der Waals surface area (Å²) in [5.74, 6) is -1.54. The Morgan fingerprint density at radius 1 is 1.43 bits per heavy atom. The molecule has 7 atom stereocenters. The van der Waals surface area contributed by atoms with Crippen LogP contribution in [-0.2, 0) is 9.53 Å². The summed E-state index contributed by atoms with van der Waals surface area (Å²) in [6.45, 7) is 5.58. The molecule has 0 aromatic carbocycles. The van der Waals surface area contributed by atoms with Crippen LogP contribution in [-0.4, -0.2) is 50.6 Å². The van der Waals surface area contributed by atoms with E-state index in [1.54, 1.807) is 6.92 Å². The van der Waals surface area contributed by atoms with E-state index in [2.05, 4.69) is 6.58 Å². The molecule has 2 saturated carbocycles. The lowest BCUT2D eigenvalue weighted by Crippen LogP contribution is -2.50. The van der Waals surface area contributed by atoms with Crippen molar-refractivity contribution in [3.05, 3.63) is 12.2 Å². The SMILES string of the molecule is C=C1[C@@H](O)C[C@H]2[C@@](O)(CCl)C[C@@H]3OC(=O)C(C)[C@H]3C[C@@]12O. The van der Waals surface area contributed by atoms with E-state index in [4.69, 9.17) is 16.3 Å². The van der Waals surface area contributed by atoms with Gasteiger partial charge in [0.05, 0.1) is 29.1 Å². The molecule has 1 aliphatic heterocycles. The van der Waals surface area contributed by atoms with Crippen LogP contribution in [0.2, 0.25) is 0 Å². The second-order valence-electron chi connectivity index (χ2n) is 6.83. The van der Waals surface area contributed by atoms with Gasteiger partial charge in [0.25, 0.3) is 0 Å². The van der Waals surface area contributed by atoms with Crippen LogP contribution >= 0.6 is 11.6 Å². The van der Waals surface area contributed by atoms with Crippen LogP contribution in [0.25, 0.3) is 0 Å². The molecule has 1 saturated heterocycles. The first-order valence-electron chi connectivity index (χ1n) is 7.31. The van der Waals surface area contributed by atoms with E-state index in [1.165, 1.54) is 0 Å². The van der Waals surface area contributed by atoms with E-state index >= 15 is 0 Å². The molecule has 3 N–H and O–H groups in total. The van der Waals surface area contributed by atoms with Gasteiger partial charge in [0.15, 0.2) is 0 Å². The molecule has 3 aliphatic rings. The zero-order chi connectivity index (χ0) is 15.6. The predicted molar refractivity (Wildman–Crippen MR) is 75.6 cm³/mol. The van der Waals surface area contributed by atoms with Crippen molar-refractivity contribution >= 4 is 17.6 Å². The number of halogens is 1. The van der Waals surface area contributed by atoms with Gasteiger partial charge in [0.2, 0.25) is 0 Å². The highest BCUT2D eigenvalue weighted by Gasteiger charge is 2.63. The standard InChI is InChI=1S/C15H21ClO5/c1-7-9-4-15(20)8(2)10(17)3-12(15)14(19,6-16)5-11(9)21-13(7)18/h7,9-12,17,19-20H,2-6H2,1H3/t7?,9-,10+,11+,12+,14+,15-/m1/s1. The molecule has 2 aliphatic carbocycles. The number of alkyl halides is 1. The monoisotopic (exact) mass is 316 g/mol. The van der Waals surface area contributed by atoms with Gasteiger partial charge in [0.1, 0.15) is 6.10 Å². The number of hydrogen-bond acceptors (Lipinski definition) is 5. The van der Waals surface area contributed by atoms with Crippen LogP contribution in [0.1, 0.15) is 26.2 Å². The summed E-state index contributed by atoms with van der Waals surface area (Å²) in [6, 6.07) is 0. The number of ether oxygens (including phenoxy) is 1. The molecule has 3 fully saturated rings. The maximum Gasteiger partial charge on any atom is 0.309 e. The Kier molecular flexibility index (Phi) is 3.41. The molecule has 21 heavy (non-hydrogen) atoms. The molecule has 6 heteroatoms. The van der Waals surface area contributed by atoms with Crippen molar-refractivity contribution in [3.8, 4) is 0 Å². The number of rotatable bonds is 1. The van der Waals surface area contributed by atoms with Gasteiger partial charge >= 0.3 is 5.97 Å². The van der Waals surface area contributed by atoms with E-state index in [0.29, 0.717) is 5.57 Å². The van der Waals surface area contributed by atoms with Gasteiger partial charge in [0, 0.05) is 18.3 Å². The summed E-state index contributed by atoms with van der Waals surface area (Å²) in [5.41, 5.74) is -2.49. The fourth-order valence-electron chi connectivity index (χ4n) is 4.35. The number of fused-ring (bicyclic) bond motifs is 2. The van der Waals surface area contributed by atoms with Crippen LogP contribution in [0.5, 0.6) is 0 Å². The van der Waals surface area contributed by atoms with E-state index in [0.717, 1.165) is 0 Å². The zero-order valence-corrected chi connectivity index (χ0v) is 12.7. The Balaban J connectivity index is 2.05. The lowest BCUT2D eigenvalue weighted by Gasteiger charge is -2.39. The van der Waals surface area contributed by atoms with Gasteiger partial charge < -0.3 is 20.1 Å². The zero-order valence-electron chi connectivity index (χ0n) is 12.0. The van der Waals surface area contributed by atoms with Crippen LogP contribution in [0.4, 0.5) is 0 Å². The van der Waals surface area contributed by atoms with E-state index in [-0.39, 0.29) is 42.9 Å². The first kappa shape index (κ1) is 15.3. The van der Waals surface area contributed by atoms with E-state index in [1.807, 2.05) is 0 Å². The highest BCUT2D eigenvalue weighted by Crippen LogP contribution is 2.55. The van der Waals surface area contributed by atoms with Crippen LogP contribution in [0.15, 0.2) is 12.2 Å². The highest BCUT2D eigenvalue weighted by molar-refractivity contribution is 6.18. The van der Waals surface area contributed by atoms with Crippen molar-refractivity contribution in [1.82, 2.24) is 0 Å². The summed E-state index contributed by atoms with van der Waals surface area (Å²) in [6.07, 6.45) is -0.648. The molecule has 0 amide bonds. The number of carbonyl (C=O) groups excluding carboxylic acids is 1. The minimum absolute atomic E-state index is 0.0882. The number of aliphatic hydroxyl groups excluding tert-OH is 1. The Morgan fingerprint density at radius 2 is 2.10 bits per heavy atom. The van der Waals surface area contributed by atoms with E-state index in [9.17, 15) is 20.1 Å². The largest absolute Gasteiger partial charge is 0.462 e. The maximum atomic E-state index is 11.8. The average molecular weight is 317 g/mol. The van der Waals surface area contributed by atoms with Crippen molar-refractivity contribution in [2.75, 3.05) is 5.88 Å². The van der Waals surface area contributed by atoms with Gasteiger partial charge in [-0.2, -0.15) is 0 Å². The van der Waals surface area contributed by atoms with Crippen LogP contribution in [0, 0.1) is 17.8 Å². The highest BCUT2D eigenvalue weighted by atomic mass is 35.5. The molecule has 0 aromatic rings. The minimum atomic E-state index is -1.41. The first-order valence-corrected chi connectivity index (χ1v) is 7.85. The number of carbonyl (C=O) groups is 1. The number of hydrogen-bond donors (Lipinski definition) is 3. The summed E-state index contributed by atoms with van der Waals surface area (Å²) in [7, 11) is 0. The van der Waals surface area contributed by atoms with Crippen molar-refractivity contribution in [2.45, 2.75) is 49.6 Å². The molecule has 5 nitrogen and oxygen atoms in total. The summed E-state index contributed by atoms with van der Waals surface area (Å²) < 4.78 is 5.37. The van der Waals surface area contributed by atoms with Gasteiger partial charge in [-0.15, -0.1) is 11.6 Å². The molecular weight excluding hydrogens is 296 g/mol. The van der Waals surface area contributed by atoms with Crippen molar-refractivity contribution in [2.24, 2.45) is 17.8 Å². The van der Waals surface area contributed by atoms with E-state index < -0.39 is 29.3 Å². The predicted octanol–water partition coefficient (Wildman–Crippen LogP) is 0.596. The molecular formula is C15H21ClO5. The quantitative estimate of drug-likeness (QED) is 0.374. The Hall–Kier alpha value is -0.620. The fraction of sp³-hybridized carbons (Fsp3) is 0.800.